The monoisotopic (exact) mass is 325 g/mol. The fourth-order valence-corrected chi connectivity index (χ4v) is 2.76. The van der Waals surface area contributed by atoms with Crippen LogP contribution < -0.4 is 0 Å². The highest BCUT2D eigenvalue weighted by Crippen LogP contribution is 2.27. The molecule has 0 atom stereocenters. The van der Waals surface area contributed by atoms with Gasteiger partial charge in [0, 0.05) is 35.0 Å². The third-order valence-corrected chi connectivity index (χ3v) is 3.97. The summed E-state index contributed by atoms with van der Waals surface area (Å²) in [4.78, 5) is 8.34. The lowest BCUT2D eigenvalue weighted by Crippen LogP contribution is -1.87. The normalized spacial score (nSPS) is 11.3. The maximum Gasteiger partial charge on any atom is 0.134 e. The predicted molar refractivity (Wildman–Crippen MR) is 85.2 cm³/mol. The molecule has 1 aromatic carbocycles. The highest BCUT2D eigenvalue weighted by Gasteiger charge is 2.10. The molecule has 3 aromatic rings. The van der Waals surface area contributed by atoms with Crippen LogP contribution in [0, 0.1) is 23.0 Å². The van der Waals surface area contributed by atoms with Crippen molar-refractivity contribution in [2.75, 3.05) is 0 Å². The smallest absolute Gasteiger partial charge is 0.134 e. The highest BCUT2D eigenvalue weighted by molar-refractivity contribution is 7.11. The number of pyridine rings is 1. The van der Waals surface area contributed by atoms with Gasteiger partial charge in [0.2, 0.25) is 0 Å². The maximum atomic E-state index is 13.7. The van der Waals surface area contributed by atoms with Gasteiger partial charge in [0.15, 0.2) is 0 Å². The van der Waals surface area contributed by atoms with E-state index in [0.29, 0.717) is 10.7 Å². The number of benzene rings is 1. The van der Waals surface area contributed by atoms with Crippen LogP contribution in [0.2, 0.25) is 0 Å². The van der Waals surface area contributed by atoms with Crippen molar-refractivity contribution < 1.29 is 8.78 Å². The van der Waals surface area contributed by atoms with Crippen molar-refractivity contribution >= 4 is 23.0 Å². The number of rotatable bonds is 3. The summed E-state index contributed by atoms with van der Waals surface area (Å²) in [5.41, 5.74) is 1.96. The number of nitriles is 1. The summed E-state index contributed by atoms with van der Waals surface area (Å²) in [6.45, 7) is 0. The lowest BCUT2D eigenvalue weighted by atomic mass is 10.1. The summed E-state index contributed by atoms with van der Waals surface area (Å²) >= 11 is 1.29. The van der Waals surface area contributed by atoms with E-state index in [2.05, 4.69) is 9.97 Å². The summed E-state index contributed by atoms with van der Waals surface area (Å²) in [6.07, 6.45) is 4.68. The van der Waals surface area contributed by atoms with Gasteiger partial charge < -0.3 is 0 Å². The summed E-state index contributed by atoms with van der Waals surface area (Å²) in [5.74, 6) is -1.38. The molecule has 0 bridgehead atoms. The average Bonchev–Trinajstić information content (AvgIpc) is 3.05. The zero-order valence-electron chi connectivity index (χ0n) is 11.7. The lowest BCUT2D eigenvalue weighted by molar-refractivity contribution is 0.581. The molecule has 0 saturated carbocycles. The molecule has 23 heavy (non-hydrogen) atoms. The second kappa shape index (κ2) is 6.46. The molecule has 0 spiro atoms. The van der Waals surface area contributed by atoms with E-state index >= 15 is 0 Å². The molecule has 0 aliphatic heterocycles. The molecule has 0 aliphatic carbocycles. The zero-order chi connectivity index (χ0) is 16.2. The van der Waals surface area contributed by atoms with Crippen LogP contribution in [0.5, 0.6) is 0 Å². The van der Waals surface area contributed by atoms with E-state index in [1.807, 2.05) is 23.6 Å². The van der Waals surface area contributed by atoms with Gasteiger partial charge in [-0.3, -0.25) is 4.98 Å². The molecule has 0 fully saturated rings. The predicted octanol–water partition coefficient (Wildman–Crippen LogP) is 4.55. The standard InChI is InChI=1S/C17H9F2N3S/c18-14-2-1-12(15(19)8-14)7-13(9-20)17-22-16(10-23-17)11-3-5-21-6-4-11/h1-8,10H. The topological polar surface area (TPSA) is 49.6 Å². The fourth-order valence-electron chi connectivity index (χ4n) is 1.97. The van der Waals surface area contributed by atoms with Crippen molar-refractivity contribution in [2.45, 2.75) is 0 Å². The third kappa shape index (κ3) is 3.30. The van der Waals surface area contributed by atoms with E-state index in [4.69, 9.17) is 0 Å². The molecule has 0 aliphatic rings. The molecule has 2 aromatic heterocycles. The van der Waals surface area contributed by atoms with Crippen molar-refractivity contribution in [3.63, 3.8) is 0 Å². The van der Waals surface area contributed by atoms with Crippen LogP contribution in [0.4, 0.5) is 8.78 Å². The SMILES string of the molecule is N#CC(=Cc1ccc(F)cc1F)c1nc(-c2ccncc2)cs1. The minimum absolute atomic E-state index is 0.142. The van der Waals surface area contributed by atoms with Crippen molar-refractivity contribution in [2.24, 2.45) is 0 Å². The van der Waals surface area contributed by atoms with Gasteiger partial charge in [0.1, 0.15) is 22.7 Å². The summed E-state index contributed by atoms with van der Waals surface area (Å²) < 4.78 is 26.7. The lowest BCUT2D eigenvalue weighted by Gasteiger charge is -1.98. The van der Waals surface area contributed by atoms with Gasteiger partial charge in [-0.2, -0.15) is 5.26 Å². The van der Waals surface area contributed by atoms with Crippen molar-refractivity contribution in [1.29, 1.82) is 5.26 Å². The van der Waals surface area contributed by atoms with Crippen molar-refractivity contribution in [3.05, 3.63) is 70.3 Å². The molecular weight excluding hydrogens is 316 g/mol. The van der Waals surface area contributed by atoms with Crippen LogP contribution in [0.3, 0.4) is 0 Å². The second-order valence-corrected chi connectivity index (χ2v) is 5.47. The van der Waals surface area contributed by atoms with E-state index in [0.717, 1.165) is 17.7 Å². The Bertz CT molecular complexity index is 911. The van der Waals surface area contributed by atoms with Crippen LogP contribution in [-0.4, -0.2) is 9.97 Å². The first-order valence-electron chi connectivity index (χ1n) is 6.60. The Morgan fingerprint density at radius 3 is 2.65 bits per heavy atom. The van der Waals surface area contributed by atoms with E-state index < -0.39 is 11.6 Å². The van der Waals surface area contributed by atoms with Gasteiger partial charge in [-0.1, -0.05) is 0 Å². The molecule has 6 heteroatoms. The number of thiazole rings is 1. The number of hydrogen-bond acceptors (Lipinski definition) is 4. The van der Waals surface area contributed by atoms with Crippen LogP contribution in [0.1, 0.15) is 10.6 Å². The molecule has 3 nitrogen and oxygen atoms in total. The summed E-state index contributed by atoms with van der Waals surface area (Å²) in [6, 6.07) is 8.86. The average molecular weight is 325 g/mol. The second-order valence-electron chi connectivity index (χ2n) is 4.61. The Morgan fingerprint density at radius 1 is 1.17 bits per heavy atom. The molecule has 0 radical (unpaired) electrons. The van der Waals surface area contributed by atoms with Gasteiger partial charge in [-0.05, 0) is 30.3 Å². The first-order valence-corrected chi connectivity index (χ1v) is 7.48. The molecule has 0 saturated heterocycles. The number of aromatic nitrogens is 2. The molecule has 0 N–H and O–H groups in total. The zero-order valence-corrected chi connectivity index (χ0v) is 12.5. The summed E-state index contributed by atoms with van der Waals surface area (Å²) in [7, 11) is 0. The Labute approximate surface area is 135 Å². The summed E-state index contributed by atoms with van der Waals surface area (Å²) in [5, 5.41) is 11.6. The number of hydrogen-bond donors (Lipinski definition) is 0. The van der Waals surface area contributed by atoms with E-state index in [-0.39, 0.29) is 11.1 Å². The molecule has 0 amide bonds. The van der Waals surface area contributed by atoms with Gasteiger partial charge in [0.05, 0.1) is 11.3 Å². The Hall–Kier alpha value is -2.91. The van der Waals surface area contributed by atoms with Crippen molar-refractivity contribution in [1.82, 2.24) is 9.97 Å². The minimum Gasteiger partial charge on any atom is -0.265 e. The molecule has 112 valence electrons. The number of nitrogens with zero attached hydrogens (tertiary/aromatic N) is 3. The van der Waals surface area contributed by atoms with Crippen molar-refractivity contribution in [3.8, 4) is 17.3 Å². The Kier molecular flexibility index (Phi) is 4.22. The van der Waals surface area contributed by atoms with Gasteiger partial charge in [-0.15, -0.1) is 11.3 Å². The van der Waals surface area contributed by atoms with Crippen LogP contribution in [-0.2, 0) is 0 Å². The number of allylic oxidation sites excluding steroid dienone is 1. The first-order chi connectivity index (χ1) is 11.2. The maximum absolute atomic E-state index is 13.7. The van der Waals surface area contributed by atoms with E-state index in [1.165, 1.54) is 23.5 Å². The largest absolute Gasteiger partial charge is 0.265 e. The van der Waals surface area contributed by atoms with Gasteiger partial charge >= 0.3 is 0 Å². The van der Waals surface area contributed by atoms with Gasteiger partial charge in [0.25, 0.3) is 0 Å². The molecule has 2 heterocycles. The molecule has 0 unspecified atom stereocenters. The van der Waals surface area contributed by atoms with Crippen LogP contribution in [0.25, 0.3) is 22.9 Å². The quantitative estimate of drug-likeness (QED) is 0.664. The fraction of sp³-hybridized carbons (Fsp3) is 0. The van der Waals surface area contributed by atoms with Crippen LogP contribution >= 0.6 is 11.3 Å². The highest BCUT2D eigenvalue weighted by atomic mass is 32.1. The third-order valence-electron chi connectivity index (χ3n) is 3.09. The van der Waals surface area contributed by atoms with Crippen LogP contribution in [0.15, 0.2) is 48.1 Å². The minimum atomic E-state index is -0.719. The Balaban J connectivity index is 1.97. The van der Waals surface area contributed by atoms with Gasteiger partial charge in [-0.25, -0.2) is 13.8 Å². The molecule has 3 rings (SSSR count). The first kappa shape index (κ1) is 15.0. The van der Waals surface area contributed by atoms with E-state index in [9.17, 15) is 14.0 Å². The Morgan fingerprint density at radius 2 is 1.96 bits per heavy atom. The van der Waals surface area contributed by atoms with E-state index in [1.54, 1.807) is 12.4 Å². The number of halogens is 2. The molecular formula is C17H9F2N3S.